The van der Waals surface area contributed by atoms with Crippen molar-refractivity contribution in [2.45, 2.75) is 0 Å². The van der Waals surface area contributed by atoms with Gasteiger partial charge in [0.05, 0.1) is 61.8 Å². The van der Waals surface area contributed by atoms with Gasteiger partial charge in [-0.3, -0.25) is 0 Å². The number of hydrogen-bond donors (Lipinski definition) is 0. The van der Waals surface area contributed by atoms with Crippen LogP contribution in [0.25, 0.3) is 145 Å². The first-order chi connectivity index (χ1) is 38.8. The van der Waals surface area contributed by atoms with E-state index in [4.69, 9.17) is 6.85 Å². The van der Waals surface area contributed by atoms with Crippen molar-refractivity contribution in [3.63, 3.8) is 0 Å². The zero-order valence-corrected chi connectivity index (χ0v) is 40.8. The quantitative estimate of drug-likeness (QED) is 0.153. The molecular weight excluding hydrogens is 937 g/mol. The van der Waals surface area contributed by atoms with Gasteiger partial charge in [-0.15, -0.1) is 22.7 Å². The molecule has 0 N–H and O–H groups in total. The van der Waals surface area contributed by atoms with Crippen LogP contribution in [0, 0.1) is 17.9 Å². The predicted molar refractivity (Wildman–Crippen MR) is 314 cm³/mol. The van der Waals surface area contributed by atoms with E-state index in [0.717, 1.165) is 106 Å². The van der Waals surface area contributed by atoms with Gasteiger partial charge in [-0.25, -0.2) is 4.85 Å². The van der Waals surface area contributed by atoms with Crippen molar-refractivity contribution in [2.24, 2.45) is 0 Å². The van der Waals surface area contributed by atoms with Crippen LogP contribution in [-0.2, 0) is 0 Å². The van der Waals surface area contributed by atoms with Crippen molar-refractivity contribution in [3.05, 3.63) is 247 Å². The molecular formula is C68H38N4S2. The summed E-state index contributed by atoms with van der Waals surface area (Å²) in [5, 5.41) is 20.1. The fourth-order valence-corrected chi connectivity index (χ4v) is 14.2. The van der Waals surface area contributed by atoms with Gasteiger partial charge in [0.25, 0.3) is 0 Å². The van der Waals surface area contributed by atoms with Gasteiger partial charge in [-0.1, -0.05) is 206 Å². The molecule has 6 heteroatoms. The predicted octanol–water partition coefficient (Wildman–Crippen LogP) is 19.7. The monoisotopic (exact) mass is 979 g/mol. The van der Waals surface area contributed by atoms with Crippen LogP contribution in [0.4, 0.5) is 5.69 Å². The lowest BCUT2D eigenvalue weighted by Gasteiger charge is -2.26. The summed E-state index contributed by atoms with van der Waals surface area (Å²) in [7, 11) is 0. The topological polar surface area (TPSA) is 38.0 Å². The number of thiophene rings is 2. The van der Waals surface area contributed by atoms with Crippen LogP contribution in [0.1, 0.15) is 12.4 Å². The second-order valence-corrected chi connectivity index (χ2v) is 20.5. The minimum Gasteiger partial charge on any atom is -0.318 e. The summed E-state index contributed by atoms with van der Waals surface area (Å²) in [6.07, 6.45) is 0. The molecule has 4 aromatic heterocycles. The molecule has 4 nitrogen and oxygen atoms in total. The first kappa shape index (κ1) is 37.3. The van der Waals surface area contributed by atoms with Gasteiger partial charge in [0.2, 0.25) is 5.69 Å². The maximum absolute atomic E-state index is 12.3. The third-order valence-corrected chi connectivity index (χ3v) is 17.0. The highest BCUT2D eigenvalue weighted by atomic mass is 32.1. The maximum atomic E-state index is 12.3. The lowest BCUT2D eigenvalue weighted by Crippen LogP contribution is -2.09. The van der Waals surface area contributed by atoms with Gasteiger partial charge in [-0.2, -0.15) is 5.26 Å². The van der Waals surface area contributed by atoms with E-state index >= 15 is 0 Å². The van der Waals surface area contributed by atoms with Gasteiger partial charge < -0.3 is 9.13 Å². The van der Waals surface area contributed by atoms with E-state index in [1.54, 1.807) is 22.7 Å². The fourth-order valence-electron chi connectivity index (χ4n) is 11.7. The Morgan fingerprint density at radius 1 is 0.432 bits per heavy atom. The van der Waals surface area contributed by atoms with Gasteiger partial charge in [0.15, 0.2) is 0 Å². The Balaban J connectivity index is 1.22. The number of fused-ring (bicyclic) bond motifs is 14. The Morgan fingerprint density at radius 2 is 0.973 bits per heavy atom. The standard InChI is InChI=1S/C68H38N4S2/c1-70-62-58(43-24-10-4-11-25-43)53(40-69)63(59(44-26-12-5-13-27-44)66(62)71-54-32-16-14-29-51(54)60-45(30-18-33-55(60)71)41-20-6-2-7-21-41)72-64-48(36-38-50-47-28-15-17-34-56(47)73-67(50)64)49-37-39-52-61-46(42-22-8-3-9-23-42)31-19-35-57(61)74-68(52)65(49)72/h2-39H/i3D,8D,9D,22D,23D. The molecule has 0 atom stereocenters. The molecule has 0 amide bonds. The Hall–Kier alpha value is -9.56. The summed E-state index contributed by atoms with van der Waals surface area (Å²) in [5.74, 6) is 0. The number of benzene rings is 11. The molecule has 0 bridgehead atoms. The van der Waals surface area contributed by atoms with Crippen molar-refractivity contribution >= 4 is 112 Å². The smallest absolute Gasteiger partial charge is 0.220 e. The zero-order valence-electron chi connectivity index (χ0n) is 44.2. The summed E-state index contributed by atoms with van der Waals surface area (Å²) < 4.78 is 52.7. The third-order valence-electron chi connectivity index (χ3n) is 14.7. The Bertz CT molecular complexity index is 5190. The van der Waals surface area contributed by atoms with Crippen molar-refractivity contribution in [2.75, 3.05) is 0 Å². The summed E-state index contributed by atoms with van der Waals surface area (Å²) in [6, 6.07) is 69.1. The Labute approximate surface area is 440 Å². The third kappa shape index (κ3) is 5.99. The molecule has 74 heavy (non-hydrogen) atoms. The van der Waals surface area contributed by atoms with Gasteiger partial charge >= 0.3 is 0 Å². The van der Waals surface area contributed by atoms with Crippen molar-refractivity contribution in [1.29, 1.82) is 5.26 Å². The largest absolute Gasteiger partial charge is 0.318 e. The molecule has 11 aromatic carbocycles. The normalized spacial score (nSPS) is 12.7. The molecule has 0 fully saturated rings. The molecule has 0 unspecified atom stereocenters. The van der Waals surface area contributed by atoms with Crippen LogP contribution in [0.2, 0.25) is 0 Å². The van der Waals surface area contributed by atoms with Crippen LogP contribution in [0.5, 0.6) is 0 Å². The molecule has 15 aromatic rings. The molecule has 0 aliphatic rings. The van der Waals surface area contributed by atoms with Crippen LogP contribution in [0.3, 0.4) is 0 Å². The van der Waals surface area contributed by atoms with E-state index in [2.05, 4.69) is 141 Å². The van der Waals surface area contributed by atoms with Crippen molar-refractivity contribution in [1.82, 2.24) is 9.13 Å². The number of nitrogens with zero attached hydrogens (tertiary/aromatic N) is 4. The highest BCUT2D eigenvalue weighted by Crippen LogP contribution is 2.55. The molecule has 15 rings (SSSR count). The van der Waals surface area contributed by atoms with Crippen molar-refractivity contribution in [3.8, 4) is 62.0 Å². The molecule has 0 aliphatic carbocycles. The number of rotatable bonds is 6. The van der Waals surface area contributed by atoms with Crippen LogP contribution in [0.15, 0.2) is 230 Å². The van der Waals surface area contributed by atoms with E-state index < -0.39 is 18.1 Å². The second-order valence-electron chi connectivity index (χ2n) is 18.4. The number of aromatic nitrogens is 2. The van der Waals surface area contributed by atoms with E-state index in [1.165, 1.54) is 0 Å². The second kappa shape index (κ2) is 16.5. The maximum Gasteiger partial charge on any atom is 0.220 e. The van der Waals surface area contributed by atoms with Gasteiger partial charge in [0, 0.05) is 63.6 Å². The zero-order chi connectivity index (χ0) is 53.4. The van der Waals surface area contributed by atoms with Crippen LogP contribution in [-0.4, -0.2) is 9.13 Å². The van der Waals surface area contributed by atoms with Crippen LogP contribution >= 0.6 is 22.7 Å². The number of para-hydroxylation sites is 1. The Morgan fingerprint density at radius 3 is 1.68 bits per heavy atom. The van der Waals surface area contributed by atoms with E-state index in [1.807, 2.05) is 78.9 Å². The highest BCUT2D eigenvalue weighted by Gasteiger charge is 2.33. The summed E-state index contributed by atoms with van der Waals surface area (Å²) in [4.78, 5) is 4.57. The van der Waals surface area contributed by atoms with E-state index in [0.29, 0.717) is 39.3 Å². The number of nitriles is 1. The SMILES string of the molecule is [2H]c1c([2H])c([2H])c(-c2cccc3sc4c(ccc5c6ccc7c8ccccc8sc7c6n(-c6c(C#N)c(-c7ccccc7)c([N+]#[C-])c(-n7c8ccccc8c8c(-c9ccccc9)cccc87)c6-c6ccccc6)c54)c23)c([2H])c1[2H]. The highest BCUT2D eigenvalue weighted by molar-refractivity contribution is 7.27. The summed E-state index contributed by atoms with van der Waals surface area (Å²) in [6.45, 7) is 9.45. The van der Waals surface area contributed by atoms with Crippen molar-refractivity contribution < 1.29 is 6.85 Å². The minimum atomic E-state index is -0.446. The van der Waals surface area contributed by atoms with Crippen LogP contribution < -0.4 is 0 Å². The molecule has 0 aliphatic heterocycles. The molecule has 0 radical (unpaired) electrons. The average molecular weight is 980 g/mol. The first-order valence-electron chi connectivity index (χ1n) is 26.8. The molecule has 0 saturated heterocycles. The van der Waals surface area contributed by atoms with Gasteiger partial charge in [-0.05, 0) is 57.6 Å². The fraction of sp³-hybridized carbons (Fsp3) is 0. The lowest BCUT2D eigenvalue weighted by molar-refractivity contribution is 1.14. The average Bonchev–Trinajstić information content (AvgIpc) is 2.88. The molecule has 0 spiro atoms. The molecule has 342 valence electrons. The summed E-state index contributed by atoms with van der Waals surface area (Å²) >= 11 is 3.29. The van der Waals surface area contributed by atoms with E-state index in [-0.39, 0.29) is 17.6 Å². The first-order valence-corrected chi connectivity index (χ1v) is 25.9. The molecule has 0 saturated carbocycles. The lowest BCUT2D eigenvalue weighted by atomic mass is 9.88. The molecule has 4 heterocycles. The number of hydrogen-bond acceptors (Lipinski definition) is 3. The van der Waals surface area contributed by atoms with Gasteiger partial charge in [0.1, 0.15) is 6.07 Å². The van der Waals surface area contributed by atoms with E-state index in [9.17, 15) is 11.8 Å². The minimum absolute atomic E-state index is 0.135. The summed E-state index contributed by atoms with van der Waals surface area (Å²) in [5.41, 5.74) is 11.0. The Kier molecular flexibility index (Phi) is 8.31.